The van der Waals surface area contributed by atoms with Crippen LogP contribution in [0.1, 0.15) is 18.1 Å². The van der Waals surface area contributed by atoms with Crippen molar-refractivity contribution in [1.29, 1.82) is 0 Å². The van der Waals surface area contributed by atoms with E-state index in [-0.39, 0.29) is 5.41 Å². The van der Waals surface area contributed by atoms with Gasteiger partial charge in [0.2, 0.25) is 10.0 Å². The number of fused-ring (bicyclic) bond motifs is 2. The van der Waals surface area contributed by atoms with E-state index in [1.165, 1.54) is 28.3 Å². The topological polar surface area (TPSA) is 65.2 Å². The lowest BCUT2D eigenvalue weighted by Crippen LogP contribution is -2.30. The molecule has 2 fully saturated rings. The summed E-state index contributed by atoms with van der Waals surface area (Å²) in [5.41, 5.74) is 4.67. The van der Waals surface area contributed by atoms with Crippen molar-refractivity contribution >= 4 is 26.6 Å². The molecule has 1 aliphatic carbocycles. The van der Waals surface area contributed by atoms with Crippen LogP contribution in [-0.2, 0) is 21.9 Å². The number of H-pyrrole nitrogens is 1. The standard InChI is InChI=1S/C23H27N3O2S/c1-23(17-6-5-7-18(12-17)25-29(2,27)28)20-14-26(15-21(20)23)11-10-16-13-24-22-9-4-3-8-19(16)22/h3-9,12-13,20-21,24-25H,10-11,14-15H2,1-2H3. The van der Waals surface area contributed by atoms with Crippen LogP contribution in [0.3, 0.4) is 0 Å². The Morgan fingerprint density at radius 2 is 1.90 bits per heavy atom. The van der Waals surface area contributed by atoms with Gasteiger partial charge in [0, 0.05) is 47.8 Å². The zero-order chi connectivity index (χ0) is 20.2. The highest BCUT2D eigenvalue weighted by Gasteiger charge is 2.65. The number of piperidine rings is 1. The van der Waals surface area contributed by atoms with Crippen LogP contribution in [0.15, 0.2) is 54.7 Å². The molecule has 6 heteroatoms. The van der Waals surface area contributed by atoms with Gasteiger partial charge in [0.05, 0.1) is 6.26 Å². The maximum Gasteiger partial charge on any atom is 0.229 e. The number of para-hydroxylation sites is 1. The number of aromatic amines is 1. The quantitative estimate of drug-likeness (QED) is 0.654. The van der Waals surface area contributed by atoms with Crippen molar-refractivity contribution in [1.82, 2.24) is 9.88 Å². The molecule has 29 heavy (non-hydrogen) atoms. The van der Waals surface area contributed by atoms with Crippen molar-refractivity contribution < 1.29 is 8.42 Å². The fourth-order valence-electron chi connectivity index (χ4n) is 5.32. The van der Waals surface area contributed by atoms with Gasteiger partial charge in [-0.3, -0.25) is 4.72 Å². The maximum atomic E-state index is 11.5. The molecule has 152 valence electrons. The van der Waals surface area contributed by atoms with E-state index in [9.17, 15) is 8.42 Å². The minimum atomic E-state index is -3.25. The number of likely N-dealkylation sites (tertiary alicyclic amines) is 1. The number of rotatable bonds is 6. The Labute approximate surface area is 172 Å². The van der Waals surface area contributed by atoms with Crippen LogP contribution in [0.5, 0.6) is 0 Å². The molecule has 1 aromatic heterocycles. The SMILES string of the molecule is CC1(c2cccc(NS(C)(=O)=O)c2)C2CN(CCc3c[nH]c4ccccc34)CC21. The van der Waals surface area contributed by atoms with E-state index in [1.54, 1.807) is 0 Å². The van der Waals surface area contributed by atoms with Crippen molar-refractivity contribution in [3.05, 3.63) is 65.9 Å². The molecule has 1 saturated carbocycles. The van der Waals surface area contributed by atoms with E-state index in [2.05, 4.69) is 58.1 Å². The van der Waals surface area contributed by atoms with Gasteiger partial charge in [-0.05, 0) is 47.6 Å². The summed E-state index contributed by atoms with van der Waals surface area (Å²) in [6, 6.07) is 16.4. The van der Waals surface area contributed by atoms with E-state index < -0.39 is 10.0 Å². The highest BCUT2D eigenvalue weighted by atomic mass is 32.2. The Kier molecular flexibility index (Phi) is 4.26. The Balaban J connectivity index is 1.23. The van der Waals surface area contributed by atoms with Gasteiger partial charge in [0.1, 0.15) is 0 Å². The summed E-state index contributed by atoms with van der Waals surface area (Å²) in [6.45, 7) is 5.65. The normalized spacial score (nSPS) is 26.6. The van der Waals surface area contributed by atoms with Gasteiger partial charge >= 0.3 is 0 Å². The maximum absolute atomic E-state index is 11.5. The number of hydrogen-bond donors (Lipinski definition) is 2. The first-order valence-electron chi connectivity index (χ1n) is 10.2. The largest absolute Gasteiger partial charge is 0.361 e. The molecule has 0 spiro atoms. The molecule has 2 unspecified atom stereocenters. The van der Waals surface area contributed by atoms with Crippen LogP contribution < -0.4 is 4.72 Å². The zero-order valence-electron chi connectivity index (χ0n) is 16.9. The molecule has 5 rings (SSSR count). The molecule has 2 atom stereocenters. The van der Waals surface area contributed by atoms with E-state index >= 15 is 0 Å². The first-order chi connectivity index (χ1) is 13.8. The molecule has 3 aromatic rings. The molecule has 0 bridgehead atoms. The van der Waals surface area contributed by atoms with Gasteiger partial charge in [-0.2, -0.15) is 0 Å². The summed E-state index contributed by atoms with van der Waals surface area (Å²) in [4.78, 5) is 5.95. The minimum absolute atomic E-state index is 0.159. The summed E-state index contributed by atoms with van der Waals surface area (Å²) >= 11 is 0. The van der Waals surface area contributed by atoms with Crippen LogP contribution in [0.2, 0.25) is 0 Å². The zero-order valence-corrected chi connectivity index (χ0v) is 17.7. The van der Waals surface area contributed by atoms with Crippen molar-refractivity contribution in [2.45, 2.75) is 18.8 Å². The van der Waals surface area contributed by atoms with E-state index in [1.807, 2.05) is 18.2 Å². The molecule has 2 heterocycles. The Hall–Kier alpha value is -2.31. The highest BCUT2D eigenvalue weighted by molar-refractivity contribution is 7.92. The molecule has 0 radical (unpaired) electrons. The Morgan fingerprint density at radius 3 is 2.66 bits per heavy atom. The predicted molar refractivity (Wildman–Crippen MR) is 118 cm³/mol. The van der Waals surface area contributed by atoms with Gasteiger partial charge in [-0.25, -0.2) is 8.42 Å². The molecule has 2 aliphatic rings. The van der Waals surface area contributed by atoms with Crippen LogP contribution in [-0.4, -0.2) is 44.2 Å². The molecule has 0 amide bonds. The second-order valence-corrected chi connectivity index (χ2v) is 10.6. The van der Waals surface area contributed by atoms with Crippen LogP contribution in [0.4, 0.5) is 5.69 Å². The monoisotopic (exact) mass is 409 g/mol. The molecule has 2 N–H and O–H groups in total. The lowest BCUT2D eigenvalue weighted by atomic mass is 9.92. The Bertz CT molecular complexity index is 1160. The van der Waals surface area contributed by atoms with Gasteiger partial charge in [-0.15, -0.1) is 0 Å². The summed E-state index contributed by atoms with van der Waals surface area (Å²) in [7, 11) is -3.25. The van der Waals surface area contributed by atoms with Crippen LogP contribution >= 0.6 is 0 Å². The van der Waals surface area contributed by atoms with Crippen molar-refractivity contribution in [3.63, 3.8) is 0 Å². The molecule has 2 aromatic carbocycles. The van der Waals surface area contributed by atoms with Crippen molar-refractivity contribution in [2.75, 3.05) is 30.6 Å². The smallest absolute Gasteiger partial charge is 0.229 e. The minimum Gasteiger partial charge on any atom is -0.361 e. The second kappa shape index (κ2) is 6.61. The first kappa shape index (κ1) is 18.7. The lowest BCUT2D eigenvalue weighted by Gasteiger charge is -2.24. The average Bonchev–Trinajstić information content (AvgIpc) is 3.06. The third kappa shape index (κ3) is 3.34. The lowest BCUT2D eigenvalue weighted by molar-refractivity contribution is 0.281. The third-order valence-corrected chi connectivity index (χ3v) is 7.59. The summed E-state index contributed by atoms with van der Waals surface area (Å²) < 4.78 is 25.7. The average molecular weight is 410 g/mol. The highest BCUT2D eigenvalue weighted by Crippen LogP contribution is 2.63. The second-order valence-electron chi connectivity index (χ2n) is 8.82. The molecular weight excluding hydrogens is 382 g/mol. The molecule has 1 aliphatic heterocycles. The van der Waals surface area contributed by atoms with Crippen LogP contribution in [0.25, 0.3) is 10.9 Å². The number of nitrogens with one attached hydrogen (secondary N) is 2. The van der Waals surface area contributed by atoms with Gasteiger partial charge < -0.3 is 9.88 Å². The van der Waals surface area contributed by atoms with E-state index in [0.29, 0.717) is 17.5 Å². The summed E-state index contributed by atoms with van der Waals surface area (Å²) in [6.07, 6.45) is 4.40. The van der Waals surface area contributed by atoms with Gasteiger partial charge in [0.15, 0.2) is 0 Å². The summed E-state index contributed by atoms with van der Waals surface area (Å²) in [5, 5.41) is 1.33. The summed E-state index contributed by atoms with van der Waals surface area (Å²) in [5.74, 6) is 1.30. The molecular formula is C23H27N3O2S. The number of aromatic nitrogens is 1. The van der Waals surface area contributed by atoms with E-state index in [4.69, 9.17) is 0 Å². The first-order valence-corrected chi connectivity index (χ1v) is 12.1. The number of hydrogen-bond acceptors (Lipinski definition) is 3. The van der Waals surface area contributed by atoms with Gasteiger partial charge in [-0.1, -0.05) is 37.3 Å². The fraction of sp³-hybridized carbons (Fsp3) is 0.391. The number of nitrogens with zero attached hydrogens (tertiary/aromatic N) is 1. The fourth-order valence-corrected chi connectivity index (χ4v) is 5.88. The number of anilines is 1. The number of benzene rings is 2. The third-order valence-electron chi connectivity index (χ3n) is 6.99. The molecule has 5 nitrogen and oxygen atoms in total. The van der Waals surface area contributed by atoms with E-state index in [0.717, 1.165) is 26.1 Å². The number of sulfonamides is 1. The van der Waals surface area contributed by atoms with Crippen molar-refractivity contribution in [3.8, 4) is 0 Å². The molecule has 1 saturated heterocycles. The van der Waals surface area contributed by atoms with Gasteiger partial charge in [0.25, 0.3) is 0 Å². The predicted octanol–water partition coefficient (Wildman–Crippen LogP) is 3.60. The van der Waals surface area contributed by atoms with Crippen molar-refractivity contribution in [2.24, 2.45) is 11.8 Å². The van der Waals surface area contributed by atoms with Crippen LogP contribution in [0, 0.1) is 11.8 Å². The Morgan fingerprint density at radius 1 is 1.14 bits per heavy atom.